The minimum Gasteiger partial charge on any atom is -0.481 e. The van der Waals surface area contributed by atoms with Crippen molar-refractivity contribution in [2.75, 3.05) is 19.6 Å². The summed E-state index contributed by atoms with van der Waals surface area (Å²) >= 11 is 0. The molecule has 1 saturated heterocycles. The van der Waals surface area contributed by atoms with E-state index < -0.39 is 5.97 Å². The van der Waals surface area contributed by atoms with E-state index in [0.717, 1.165) is 25.3 Å². The fourth-order valence-corrected chi connectivity index (χ4v) is 2.92. The van der Waals surface area contributed by atoms with Crippen molar-refractivity contribution >= 4 is 5.97 Å². The van der Waals surface area contributed by atoms with Crippen molar-refractivity contribution in [2.45, 2.75) is 52.9 Å². The molecule has 0 spiro atoms. The maximum atomic E-state index is 10.6. The van der Waals surface area contributed by atoms with E-state index >= 15 is 0 Å². The Hall–Kier alpha value is -0.570. The number of carboxylic acids is 1. The molecular weight excluding hydrogens is 226 g/mol. The molecule has 1 fully saturated rings. The average Bonchev–Trinajstić information content (AvgIpc) is 2.23. The third kappa shape index (κ3) is 5.38. The third-order valence-electron chi connectivity index (χ3n) is 4.22. The summed E-state index contributed by atoms with van der Waals surface area (Å²) in [6.45, 7) is 10.4. The summed E-state index contributed by atoms with van der Waals surface area (Å²) in [5.41, 5.74) is 0. The van der Waals surface area contributed by atoms with Gasteiger partial charge in [-0.2, -0.15) is 0 Å². The number of carbonyl (C=O) groups is 1. The molecule has 0 radical (unpaired) electrons. The van der Waals surface area contributed by atoms with E-state index in [-0.39, 0.29) is 0 Å². The molecule has 1 unspecified atom stereocenters. The molecule has 0 aromatic rings. The van der Waals surface area contributed by atoms with Gasteiger partial charge in [-0.1, -0.05) is 27.2 Å². The van der Waals surface area contributed by atoms with E-state index in [1.54, 1.807) is 0 Å². The summed E-state index contributed by atoms with van der Waals surface area (Å²) in [7, 11) is 0. The lowest BCUT2D eigenvalue weighted by Crippen LogP contribution is -2.47. The summed E-state index contributed by atoms with van der Waals surface area (Å²) < 4.78 is 0. The number of hydrogen-bond acceptors (Lipinski definition) is 2. The van der Waals surface area contributed by atoms with Crippen LogP contribution in [0.1, 0.15) is 52.9 Å². The van der Waals surface area contributed by atoms with Gasteiger partial charge >= 0.3 is 5.97 Å². The zero-order valence-corrected chi connectivity index (χ0v) is 12.2. The Morgan fingerprint density at radius 3 is 2.50 bits per heavy atom. The second kappa shape index (κ2) is 7.78. The van der Waals surface area contributed by atoms with E-state index in [4.69, 9.17) is 5.11 Å². The molecule has 1 rings (SSSR count). The van der Waals surface area contributed by atoms with Crippen molar-refractivity contribution < 1.29 is 9.90 Å². The lowest BCUT2D eigenvalue weighted by atomic mass is 9.87. The molecule has 0 bridgehead atoms. The minimum atomic E-state index is -0.660. The van der Waals surface area contributed by atoms with E-state index in [9.17, 15) is 4.79 Å². The van der Waals surface area contributed by atoms with Crippen LogP contribution >= 0.6 is 0 Å². The van der Waals surface area contributed by atoms with Gasteiger partial charge in [-0.05, 0) is 43.6 Å². The Labute approximate surface area is 112 Å². The van der Waals surface area contributed by atoms with Crippen LogP contribution in [0.25, 0.3) is 0 Å². The minimum absolute atomic E-state index is 0.321. The van der Waals surface area contributed by atoms with Gasteiger partial charge < -0.3 is 10.0 Å². The van der Waals surface area contributed by atoms with Gasteiger partial charge in [0.2, 0.25) is 0 Å². The molecule has 3 heteroatoms. The van der Waals surface area contributed by atoms with Crippen LogP contribution in [0.5, 0.6) is 0 Å². The van der Waals surface area contributed by atoms with Crippen molar-refractivity contribution in [2.24, 2.45) is 17.8 Å². The molecule has 0 aromatic heterocycles. The van der Waals surface area contributed by atoms with Crippen molar-refractivity contribution in [3.63, 3.8) is 0 Å². The van der Waals surface area contributed by atoms with Crippen molar-refractivity contribution in [1.82, 2.24) is 4.90 Å². The number of rotatable bonds is 9. The predicted octanol–water partition coefficient (Wildman–Crippen LogP) is 3.25. The summed E-state index contributed by atoms with van der Waals surface area (Å²) in [6.07, 6.45) is 4.97. The van der Waals surface area contributed by atoms with Crippen molar-refractivity contribution in [1.29, 1.82) is 0 Å². The highest BCUT2D eigenvalue weighted by Gasteiger charge is 2.26. The van der Waals surface area contributed by atoms with Gasteiger partial charge in [0.05, 0.1) is 0 Å². The Morgan fingerprint density at radius 1 is 1.33 bits per heavy atom. The number of carboxylic acid groups (broad SMARTS) is 1. The Kier molecular flexibility index (Phi) is 6.69. The van der Waals surface area contributed by atoms with Gasteiger partial charge in [0.25, 0.3) is 0 Å². The lowest BCUT2D eigenvalue weighted by molar-refractivity contribution is -0.137. The summed E-state index contributed by atoms with van der Waals surface area (Å²) in [5.74, 6) is 1.42. The monoisotopic (exact) mass is 255 g/mol. The number of hydrogen-bond donors (Lipinski definition) is 1. The van der Waals surface area contributed by atoms with E-state index in [1.165, 1.54) is 25.9 Å². The molecule has 0 aromatic carbocycles. The normalized spacial score (nSPS) is 18.9. The fourth-order valence-electron chi connectivity index (χ4n) is 2.92. The van der Waals surface area contributed by atoms with Gasteiger partial charge in [0, 0.05) is 19.5 Å². The van der Waals surface area contributed by atoms with Gasteiger partial charge in [0.15, 0.2) is 0 Å². The Balaban J connectivity index is 2.16. The summed E-state index contributed by atoms with van der Waals surface area (Å²) in [4.78, 5) is 13.2. The molecule has 1 heterocycles. The standard InChI is InChI=1S/C15H29NO2/c1-4-5-13-10-16(11-13)9-8-14(12(2)3)6-7-15(17)18/h12-14H,4-11H2,1-3H3,(H,17,18). The van der Waals surface area contributed by atoms with Crippen molar-refractivity contribution in [3.05, 3.63) is 0 Å². The topological polar surface area (TPSA) is 40.5 Å². The van der Waals surface area contributed by atoms with Crippen LogP contribution < -0.4 is 0 Å². The molecule has 18 heavy (non-hydrogen) atoms. The maximum Gasteiger partial charge on any atom is 0.303 e. The first-order valence-electron chi connectivity index (χ1n) is 7.47. The Morgan fingerprint density at radius 2 is 2.00 bits per heavy atom. The second-order valence-electron chi connectivity index (χ2n) is 6.14. The fraction of sp³-hybridized carbons (Fsp3) is 0.933. The highest BCUT2D eigenvalue weighted by molar-refractivity contribution is 5.66. The molecule has 3 nitrogen and oxygen atoms in total. The van der Waals surface area contributed by atoms with Crippen LogP contribution in [0, 0.1) is 17.8 Å². The number of likely N-dealkylation sites (tertiary alicyclic amines) is 1. The van der Waals surface area contributed by atoms with Crippen LogP contribution in [0.4, 0.5) is 0 Å². The smallest absolute Gasteiger partial charge is 0.303 e. The molecule has 1 atom stereocenters. The van der Waals surface area contributed by atoms with Crippen molar-refractivity contribution in [3.8, 4) is 0 Å². The molecule has 106 valence electrons. The van der Waals surface area contributed by atoms with Crippen LogP contribution in [0.15, 0.2) is 0 Å². The molecule has 1 N–H and O–H groups in total. The highest BCUT2D eigenvalue weighted by atomic mass is 16.4. The van der Waals surface area contributed by atoms with Gasteiger partial charge in [-0.3, -0.25) is 4.79 Å². The van der Waals surface area contributed by atoms with Gasteiger partial charge in [-0.25, -0.2) is 0 Å². The zero-order valence-electron chi connectivity index (χ0n) is 12.2. The Bertz CT molecular complexity index is 247. The highest BCUT2D eigenvalue weighted by Crippen LogP contribution is 2.25. The van der Waals surface area contributed by atoms with E-state index in [0.29, 0.717) is 18.3 Å². The SMILES string of the molecule is CCCC1CN(CCC(CCC(=O)O)C(C)C)C1. The van der Waals surface area contributed by atoms with E-state index in [2.05, 4.69) is 25.7 Å². The lowest BCUT2D eigenvalue weighted by Gasteiger charge is -2.40. The van der Waals surface area contributed by atoms with Gasteiger partial charge in [-0.15, -0.1) is 0 Å². The predicted molar refractivity (Wildman–Crippen MR) is 74.7 cm³/mol. The zero-order chi connectivity index (χ0) is 13.5. The summed E-state index contributed by atoms with van der Waals surface area (Å²) in [6, 6.07) is 0. The van der Waals surface area contributed by atoms with Crippen LogP contribution in [0.3, 0.4) is 0 Å². The average molecular weight is 255 g/mol. The molecule has 1 aliphatic heterocycles. The summed E-state index contributed by atoms with van der Waals surface area (Å²) in [5, 5.41) is 8.76. The number of aliphatic carboxylic acids is 1. The van der Waals surface area contributed by atoms with Crippen LogP contribution in [0.2, 0.25) is 0 Å². The quantitative estimate of drug-likeness (QED) is 0.687. The maximum absolute atomic E-state index is 10.6. The first-order chi connectivity index (χ1) is 8.52. The first-order valence-corrected chi connectivity index (χ1v) is 7.47. The van der Waals surface area contributed by atoms with Crippen LogP contribution in [-0.4, -0.2) is 35.6 Å². The number of nitrogens with zero attached hydrogens (tertiary/aromatic N) is 1. The molecule has 0 amide bonds. The molecule has 0 saturated carbocycles. The van der Waals surface area contributed by atoms with Crippen LogP contribution in [-0.2, 0) is 4.79 Å². The molecule has 1 aliphatic rings. The third-order valence-corrected chi connectivity index (χ3v) is 4.22. The van der Waals surface area contributed by atoms with Gasteiger partial charge in [0.1, 0.15) is 0 Å². The largest absolute Gasteiger partial charge is 0.481 e. The first kappa shape index (κ1) is 15.5. The molecular formula is C15H29NO2. The molecule has 0 aliphatic carbocycles. The second-order valence-corrected chi connectivity index (χ2v) is 6.14. The van der Waals surface area contributed by atoms with E-state index in [1.807, 2.05) is 0 Å².